The molecule has 0 saturated heterocycles. The summed E-state index contributed by atoms with van der Waals surface area (Å²) in [6.07, 6.45) is 15.5. The molecule has 0 unspecified atom stereocenters. The molecule has 0 spiro atoms. The Morgan fingerprint density at radius 1 is 0.864 bits per heavy atom. The molecule has 2 nitrogen and oxygen atoms in total. The first-order chi connectivity index (χ1) is 10.2. The van der Waals surface area contributed by atoms with Gasteiger partial charge in [0.05, 0.1) is 12.2 Å². The minimum Gasteiger partial charge on any atom is -0.392 e. The fourth-order valence-electron chi connectivity index (χ4n) is 2.07. The minimum atomic E-state index is -0.720. The molecule has 0 aromatic heterocycles. The first kappa shape index (κ1) is 20.9. The molecular weight excluding hydrogens is 272 g/mol. The summed E-state index contributed by atoms with van der Waals surface area (Å²) >= 11 is 0. The van der Waals surface area contributed by atoms with E-state index in [1.165, 1.54) is 16.7 Å². The van der Waals surface area contributed by atoms with Gasteiger partial charge >= 0.3 is 0 Å². The van der Waals surface area contributed by atoms with Crippen LogP contribution in [0.5, 0.6) is 0 Å². The summed E-state index contributed by atoms with van der Waals surface area (Å²) < 4.78 is 0. The summed E-state index contributed by atoms with van der Waals surface area (Å²) in [5, 5.41) is 18.4. The first-order valence-corrected chi connectivity index (χ1v) is 8.22. The lowest BCUT2D eigenvalue weighted by molar-refractivity contribution is 0.133. The zero-order valence-corrected chi connectivity index (χ0v) is 15.0. The lowest BCUT2D eigenvalue weighted by atomic mass is 10.0. The van der Waals surface area contributed by atoms with Gasteiger partial charge in [-0.2, -0.15) is 0 Å². The van der Waals surface area contributed by atoms with Crippen molar-refractivity contribution in [1.29, 1.82) is 0 Å². The van der Waals surface area contributed by atoms with E-state index in [1.54, 1.807) is 13.8 Å². The summed E-state index contributed by atoms with van der Waals surface area (Å²) in [4.78, 5) is 0. The highest BCUT2D eigenvalue weighted by Crippen LogP contribution is 2.13. The van der Waals surface area contributed by atoms with Crippen molar-refractivity contribution >= 4 is 0 Å². The number of hydrogen-bond acceptors (Lipinski definition) is 2. The fourth-order valence-corrected chi connectivity index (χ4v) is 2.07. The van der Waals surface area contributed by atoms with Gasteiger partial charge in [0.2, 0.25) is 0 Å². The second-order valence-corrected chi connectivity index (χ2v) is 6.67. The third kappa shape index (κ3) is 13.8. The van der Waals surface area contributed by atoms with Crippen molar-refractivity contribution in [2.75, 3.05) is 6.61 Å². The zero-order chi connectivity index (χ0) is 17.0. The maximum Gasteiger partial charge on any atom is 0.0771 e. The van der Waals surface area contributed by atoms with Crippen molar-refractivity contribution < 1.29 is 10.2 Å². The number of allylic oxidation sites excluding steroid dienone is 6. The molecule has 0 heterocycles. The molecule has 126 valence electrons. The fraction of sp³-hybridized carbons (Fsp3) is 0.600. The van der Waals surface area contributed by atoms with Crippen LogP contribution in [-0.4, -0.2) is 22.4 Å². The number of aliphatic hydroxyl groups is 2. The van der Waals surface area contributed by atoms with Crippen molar-refractivity contribution in [3.05, 3.63) is 47.1 Å². The molecule has 2 heteroatoms. The third-order valence-corrected chi connectivity index (χ3v) is 3.47. The Hall–Kier alpha value is -1.12. The van der Waals surface area contributed by atoms with Crippen molar-refractivity contribution in [3.63, 3.8) is 0 Å². The Bertz CT molecular complexity index is 417. The molecule has 0 saturated carbocycles. The second-order valence-electron chi connectivity index (χ2n) is 6.67. The van der Waals surface area contributed by atoms with Gasteiger partial charge in [0.15, 0.2) is 0 Å². The van der Waals surface area contributed by atoms with E-state index in [1.807, 2.05) is 18.2 Å². The summed E-state index contributed by atoms with van der Waals surface area (Å²) in [5.41, 5.74) is 3.30. The van der Waals surface area contributed by atoms with E-state index in [4.69, 9.17) is 5.11 Å². The quantitative estimate of drug-likeness (QED) is 0.552. The van der Waals surface area contributed by atoms with Gasteiger partial charge in [-0.3, -0.25) is 0 Å². The van der Waals surface area contributed by atoms with Crippen LogP contribution >= 0.6 is 0 Å². The predicted molar refractivity (Wildman–Crippen MR) is 96.9 cm³/mol. The van der Waals surface area contributed by atoms with Crippen LogP contribution in [0.3, 0.4) is 0 Å². The molecule has 0 radical (unpaired) electrons. The number of hydrogen-bond donors (Lipinski definition) is 2. The van der Waals surface area contributed by atoms with E-state index in [9.17, 15) is 5.11 Å². The molecule has 0 aliphatic heterocycles. The van der Waals surface area contributed by atoms with Crippen LogP contribution in [0.25, 0.3) is 0 Å². The molecule has 0 bridgehead atoms. The van der Waals surface area contributed by atoms with Gasteiger partial charge in [0.1, 0.15) is 0 Å². The van der Waals surface area contributed by atoms with E-state index < -0.39 is 5.60 Å². The first-order valence-electron chi connectivity index (χ1n) is 8.22. The summed E-state index contributed by atoms with van der Waals surface area (Å²) in [6, 6.07) is 0. The maximum atomic E-state index is 9.60. The van der Waals surface area contributed by atoms with Crippen molar-refractivity contribution in [3.8, 4) is 0 Å². The third-order valence-electron chi connectivity index (χ3n) is 3.47. The second kappa shape index (κ2) is 11.4. The Morgan fingerprint density at radius 2 is 1.36 bits per heavy atom. The van der Waals surface area contributed by atoms with Gasteiger partial charge in [0, 0.05) is 0 Å². The topological polar surface area (TPSA) is 40.5 Å². The Kier molecular flexibility index (Phi) is 10.9. The van der Waals surface area contributed by atoms with Crippen molar-refractivity contribution in [2.45, 2.75) is 72.3 Å². The van der Waals surface area contributed by atoms with Gasteiger partial charge in [-0.1, -0.05) is 47.1 Å². The highest BCUT2D eigenvalue weighted by molar-refractivity contribution is 5.09. The molecule has 0 aromatic carbocycles. The number of rotatable bonds is 10. The maximum absolute atomic E-state index is 9.60. The van der Waals surface area contributed by atoms with E-state index in [0.29, 0.717) is 0 Å². The smallest absolute Gasteiger partial charge is 0.0771 e. The molecule has 22 heavy (non-hydrogen) atoms. The van der Waals surface area contributed by atoms with Gasteiger partial charge in [-0.15, -0.1) is 0 Å². The van der Waals surface area contributed by atoms with Gasteiger partial charge in [0.25, 0.3) is 0 Å². The summed E-state index contributed by atoms with van der Waals surface area (Å²) in [6.45, 7) is 10.1. The Labute approximate surface area is 137 Å². The zero-order valence-electron chi connectivity index (χ0n) is 15.0. The van der Waals surface area contributed by atoms with Crippen LogP contribution < -0.4 is 0 Å². The molecule has 0 aromatic rings. The molecule has 0 atom stereocenters. The van der Waals surface area contributed by atoms with Gasteiger partial charge in [-0.25, -0.2) is 0 Å². The van der Waals surface area contributed by atoms with E-state index in [2.05, 4.69) is 32.9 Å². The highest BCUT2D eigenvalue weighted by Gasteiger charge is 2.04. The lowest BCUT2D eigenvalue weighted by Crippen LogP contribution is -2.13. The van der Waals surface area contributed by atoms with Crippen LogP contribution in [0.4, 0.5) is 0 Å². The van der Waals surface area contributed by atoms with Crippen molar-refractivity contribution in [1.82, 2.24) is 0 Å². The molecule has 2 N–H and O–H groups in total. The Morgan fingerprint density at radius 3 is 1.86 bits per heavy atom. The molecule has 0 aliphatic carbocycles. The molecular formula is C20H34O2. The van der Waals surface area contributed by atoms with E-state index in [-0.39, 0.29) is 6.61 Å². The van der Waals surface area contributed by atoms with Crippen LogP contribution in [-0.2, 0) is 0 Å². The van der Waals surface area contributed by atoms with E-state index in [0.717, 1.165) is 32.1 Å². The highest BCUT2D eigenvalue weighted by atomic mass is 16.3. The van der Waals surface area contributed by atoms with Gasteiger partial charge in [-0.05, 0) is 66.7 Å². The summed E-state index contributed by atoms with van der Waals surface area (Å²) in [5.74, 6) is 0. The monoisotopic (exact) mass is 306 g/mol. The minimum absolute atomic E-state index is 0.139. The predicted octanol–water partition coefficient (Wildman–Crippen LogP) is 5.10. The molecule has 0 rings (SSSR count). The molecule has 0 fully saturated rings. The van der Waals surface area contributed by atoms with Crippen molar-refractivity contribution in [2.24, 2.45) is 0 Å². The van der Waals surface area contributed by atoms with Gasteiger partial charge < -0.3 is 10.2 Å². The molecule has 0 amide bonds. The van der Waals surface area contributed by atoms with Crippen LogP contribution in [0.15, 0.2) is 47.1 Å². The largest absolute Gasteiger partial charge is 0.392 e. The van der Waals surface area contributed by atoms with Crippen LogP contribution in [0.1, 0.15) is 66.7 Å². The average Bonchev–Trinajstić information content (AvgIpc) is 2.37. The summed E-state index contributed by atoms with van der Waals surface area (Å²) in [7, 11) is 0. The standard InChI is InChI=1S/C20H34O2/c1-17(10-7-12-19(3)14-16-21)9-6-11-18(2)13-8-15-20(4,5)22/h8,10-11,14-15,21-22H,6-7,9,12-13,16H2,1-5H3. The number of aliphatic hydroxyl groups excluding tert-OH is 1. The average molecular weight is 306 g/mol. The van der Waals surface area contributed by atoms with E-state index >= 15 is 0 Å². The van der Waals surface area contributed by atoms with Crippen LogP contribution in [0.2, 0.25) is 0 Å². The van der Waals surface area contributed by atoms with Crippen LogP contribution in [0, 0.1) is 0 Å². The lowest BCUT2D eigenvalue weighted by Gasteiger charge is -2.10. The SMILES string of the molecule is CC(=CCCC(C)=CCCC(C)=CCO)CC=CC(C)(C)O. The molecule has 0 aliphatic rings. The Balaban J connectivity index is 4.04. The normalized spacial score (nSPS) is 15.0.